The zero-order valence-corrected chi connectivity index (χ0v) is 14.5. The first kappa shape index (κ1) is 15.9. The number of nitrogens with one attached hydrogen (secondary N) is 1. The molecule has 122 valence electrons. The molecule has 0 atom stereocenters. The first-order valence-electron chi connectivity index (χ1n) is 8.14. The molecule has 0 saturated heterocycles. The van der Waals surface area contributed by atoms with Crippen molar-refractivity contribution >= 4 is 24.1 Å². The molecule has 1 N–H and O–H groups in total. The Morgan fingerprint density at radius 2 is 1.91 bits per heavy atom. The van der Waals surface area contributed by atoms with Crippen LogP contribution in [0.3, 0.4) is 0 Å². The van der Waals surface area contributed by atoms with Crippen LogP contribution in [0.5, 0.6) is 0 Å². The number of hydrogen-bond acceptors (Lipinski definition) is 4. The third kappa shape index (κ3) is 3.69. The molecule has 1 fully saturated rings. The molecule has 0 bridgehead atoms. The van der Waals surface area contributed by atoms with Gasteiger partial charge in [0.05, 0.1) is 6.21 Å². The quantitative estimate of drug-likeness (QED) is 0.683. The van der Waals surface area contributed by atoms with Gasteiger partial charge in [-0.1, -0.05) is 31.4 Å². The summed E-state index contributed by atoms with van der Waals surface area (Å²) in [6, 6.07) is 8.28. The molecule has 0 spiro atoms. The number of nitrogens with zero attached hydrogens (tertiary/aromatic N) is 4. The summed E-state index contributed by atoms with van der Waals surface area (Å²) in [4.78, 5) is 2.08. The SMILES string of the molecule is CN(C)c1ccc(/C=N\n2c(C3CCCCC3)n[nH]c2=S)cc1. The fourth-order valence-electron chi connectivity index (χ4n) is 3.02. The van der Waals surface area contributed by atoms with Crippen molar-refractivity contribution in [2.24, 2.45) is 5.10 Å². The number of rotatable bonds is 4. The van der Waals surface area contributed by atoms with Crippen molar-refractivity contribution in [3.8, 4) is 0 Å². The lowest BCUT2D eigenvalue weighted by atomic mass is 9.89. The van der Waals surface area contributed by atoms with Gasteiger partial charge in [-0.3, -0.25) is 5.10 Å². The van der Waals surface area contributed by atoms with Gasteiger partial charge in [-0.25, -0.2) is 0 Å². The van der Waals surface area contributed by atoms with E-state index >= 15 is 0 Å². The molecule has 0 aliphatic heterocycles. The zero-order chi connectivity index (χ0) is 16.2. The standard InChI is InChI=1S/C17H23N5S/c1-21(2)15-10-8-13(9-11-15)12-18-22-16(19-20-17(22)23)14-6-4-3-5-7-14/h8-12,14H,3-7H2,1-2H3,(H,20,23)/b18-12-. The van der Waals surface area contributed by atoms with Crippen molar-refractivity contribution in [3.05, 3.63) is 40.4 Å². The van der Waals surface area contributed by atoms with E-state index in [0.29, 0.717) is 10.7 Å². The van der Waals surface area contributed by atoms with E-state index in [1.165, 1.54) is 37.8 Å². The minimum atomic E-state index is 0.463. The summed E-state index contributed by atoms with van der Waals surface area (Å²) in [7, 11) is 4.06. The van der Waals surface area contributed by atoms with Crippen molar-refractivity contribution in [1.29, 1.82) is 0 Å². The molecule has 5 nitrogen and oxygen atoms in total. The minimum absolute atomic E-state index is 0.463. The molecular formula is C17H23N5S. The van der Waals surface area contributed by atoms with Crippen molar-refractivity contribution in [3.63, 3.8) is 0 Å². The van der Waals surface area contributed by atoms with Gasteiger partial charge in [0.1, 0.15) is 0 Å². The number of benzene rings is 1. The number of H-pyrrole nitrogens is 1. The van der Waals surface area contributed by atoms with Gasteiger partial charge in [-0.2, -0.15) is 14.9 Å². The zero-order valence-electron chi connectivity index (χ0n) is 13.7. The molecule has 2 aromatic rings. The smallest absolute Gasteiger partial charge is 0.216 e. The molecule has 0 unspecified atom stereocenters. The van der Waals surface area contributed by atoms with E-state index in [-0.39, 0.29) is 0 Å². The Bertz CT molecular complexity index is 720. The lowest BCUT2D eigenvalue weighted by Gasteiger charge is -2.19. The summed E-state index contributed by atoms with van der Waals surface area (Å²) < 4.78 is 2.34. The number of hydrogen-bond donors (Lipinski definition) is 1. The fourth-order valence-corrected chi connectivity index (χ4v) is 3.21. The highest BCUT2D eigenvalue weighted by Gasteiger charge is 2.21. The number of aromatic amines is 1. The highest BCUT2D eigenvalue weighted by atomic mass is 32.1. The second-order valence-electron chi connectivity index (χ2n) is 6.26. The number of anilines is 1. The van der Waals surface area contributed by atoms with Gasteiger partial charge in [-0.15, -0.1) is 0 Å². The molecule has 1 heterocycles. The highest BCUT2D eigenvalue weighted by Crippen LogP contribution is 2.31. The average molecular weight is 329 g/mol. The van der Waals surface area contributed by atoms with Crippen LogP contribution in [-0.2, 0) is 0 Å². The molecule has 3 rings (SSSR count). The van der Waals surface area contributed by atoms with E-state index in [9.17, 15) is 0 Å². The van der Waals surface area contributed by atoms with Gasteiger partial charge >= 0.3 is 0 Å². The van der Waals surface area contributed by atoms with Crippen LogP contribution in [0.15, 0.2) is 29.4 Å². The van der Waals surface area contributed by atoms with Crippen LogP contribution in [0.1, 0.15) is 49.4 Å². The van der Waals surface area contributed by atoms with Crippen LogP contribution in [0.4, 0.5) is 5.69 Å². The topological polar surface area (TPSA) is 49.2 Å². The highest BCUT2D eigenvalue weighted by molar-refractivity contribution is 7.71. The van der Waals surface area contributed by atoms with Crippen LogP contribution < -0.4 is 4.90 Å². The number of aromatic nitrogens is 3. The van der Waals surface area contributed by atoms with Crippen molar-refractivity contribution in [2.45, 2.75) is 38.0 Å². The van der Waals surface area contributed by atoms with Gasteiger partial charge < -0.3 is 4.90 Å². The Hall–Kier alpha value is -1.95. The Morgan fingerprint density at radius 1 is 1.22 bits per heavy atom. The molecule has 0 radical (unpaired) electrons. The second kappa shape index (κ2) is 7.08. The van der Waals surface area contributed by atoms with E-state index in [1.807, 2.05) is 20.3 Å². The summed E-state index contributed by atoms with van der Waals surface area (Å²) >= 11 is 5.34. The molecule has 0 amide bonds. The third-order valence-electron chi connectivity index (χ3n) is 4.38. The molecule has 1 aromatic heterocycles. The van der Waals surface area contributed by atoms with E-state index in [4.69, 9.17) is 12.2 Å². The van der Waals surface area contributed by atoms with E-state index in [1.54, 1.807) is 4.68 Å². The van der Waals surface area contributed by atoms with E-state index < -0.39 is 0 Å². The molecular weight excluding hydrogens is 306 g/mol. The maximum atomic E-state index is 5.34. The van der Waals surface area contributed by atoms with Crippen LogP contribution in [0, 0.1) is 4.77 Å². The average Bonchev–Trinajstić information content (AvgIpc) is 2.95. The molecule has 1 aliphatic carbocycles. The van der Waals surface area contributed by atoms with Crippen LogP contribution in [-0.4, -0.2) is 35.2 Å². The van der Waals surface area contributed by atoms with E-state index in [0.717, 1.165) is 11.4 Å². The molecule has 1 aliphatic rings. The molecule has 6 heteroatoms. The third-order valence-corrected chi connectivity index (χ3v) is 4.64. The lowest BCUT2D eigenvalue weighted by molar-refractivity contribution is 0.419. The summed E-state index contributed by atoms with van der Waals surface area (Å²) in [6.07, 6.45) is 8.04. The van der Waals surface area contributed by atoms with Crippen LogP contribution in [0.25, 0.3) is 0 Å². The minimum Gasteiger partial charge on any atom is -0.378 e. The Morgan fingerprint density at radius 3 is 2.57 bits per heavy atom. The largest absolute Gasteiger partial charge is 0.378 e. The van der Waals surface area contributed by atoms with Gasteiger partial charge in [0.2, 0.25) is 4.77 Å². The first-order valence-corrected chi connectivity index (χ1v) is 8.55. The van der Waals surface area contributed by atoms with Gasteiger partial charge in [0, 0.05) is 25.7 Å². The van der Waals surface area contributed by atoms with Gasteiger partial charge in [0.25, 0.3) is 0 Å². The Balaban J connectivity index is 1.81. The normalized spacial score (nSPS) is 16.1. The second-order valence-corrected chi connectivity index (χ2v) is 6.65. The summed E-state index contributed by atoms with van der Waals surface area (Å²) in [5.74, 6) is 1.43. The van der Waals surface area contributed by atoms with Crippen LogP contribution >= 0.6 is 12.2 Å². The summed E-state index contributed by atoms with van der Waals surface area (Å²) in [6.45, 7) is 0. The summed E-state index contributed by atoms with van der Waals surface area (Å²) in [5, 5.41) is 11.9. The molecule has 1 aromatic carbocycles. The molecule has 23 heavy (non-hydrogen) atoms. The fraction of sp³-hybridized carbons (Fsp3) is 0.471. The lowest BCUT2D eigenvalue weighted by Crippen LogP contribution is -2.10. The Kier molecular flexibility index (Phi) is 4.91. The molecule has 1 saturated carbocycles. The van der Waals surface area contributed by atoms with Crippen molar-refractivity contribution < 1.29 is 0 Å². The van der Waals surface area contributed by atoms with E-state index in [2.05, 4.69) is 44.5 Å². The van der Waals surface area contributed by atoms with Gasteiger partial charge in [-0.05, 0) is 42.8 Å². The predicted molar refractivity (Wildman–Crippen MR) is 97.0 cm³/mol. The maximum absolute atomic E-state index is 5.34. The maximum Gasteiger partial charge on any atom is 0.216 e. The van der Waals surface area contributed by atoms with Crippen molar-refractivity contribution in [1.82, 2.24) is 14.9 Å². The first-order chi connectivity index (χ1) is 11.1. The monoisotopic (exact) mass is 329 g/mol. The predicted octanol–water partition coefficient (Wildman–Crippen LogP) is 3.94. The summed E-state index contributed by atoms with van der Waals surface area (Å²) in [5.41, 5.74) is 2.22. The van der Waals surface area contributed by atoms with Crippen LogP contribution in [0.2, 0.25) is 0 Å². The van der Waals surface area contributed by atoms with Crippen molar-refractivity contribution in [2.75, 3.05) is 19.0 Å². The Labute approximate surface area is 142 Å². The van der Waals surface area contributed by atoms with Gasteiger partial charge in [0.15, 0.2) is 5.82 Å².